The van der Waals surface area contributed by atoms with Gasteiger partial charge in [0.25, 0.3) is 0 Å². The summed E-state index contributed by atoms with van der Waals surface area (Å²) in [5, 5.41) is 0. The zero-order valence-electron chi connectivity index (χ0n) is 25.3. The first-order valence-corrected chi connectivity index (χ1v) is 13.7. The number of carbonyl (C=O) groups is 4. The molecule has 2 aromatic rings. The average molecular weight is 570 g/mol. The van der Waals surface area contributed by atoms with Gasteiger partial charge in [-0.25, -0.2) is 4.79 Å². The van der Waals surface area contributed by atoms with Crippen molar-refractivity contribution in [2.24, 2.45) is 16.6 Å². The minimum Gasteiger partial charge on any atom is -0.458 e. The Morgan fingerprint density at radius 2 is 1.24 bits per heavy atom. The van der Waals surface area contributed by atoms with Gasteiger partial charge < -0.3 is 24.7 Å². The second-order valence-electron chi connectivity index (χ2n) is 12.6. The lowest BCUT2D eigenvalue weighted by Crippen LogP contribution is -2.39. The molecule has 0 amide bonds. The summed E-state index contributed by atoms with van der Waals surface area (Å²) in [5.41, 5.74) is 6.49. The fourth-order valence-corrected chi connectivity index (χ4v) is 3.64. The first-order chi connectivity index (χ1) is 18.9. The fourth-order valence-electron chi connectivity index (χ4n) is 3.64. The summed E-state index contributed by atoms with van der Waals surface area (Å²) in [6.07, 6.45) is -1.10. The Labute approximate surface area is 242 Å². The van der Waals surface area contributed by atoms with Crippen molar-refractivity contribution in [3.8, 4) is 11.5 Å². The molecule has 9 heteroatoms. The molecule has 0 aliphatic carbocycles. The molecule has 0 aromatic heterocycles. The summed E-state index contributed by atoms with van der Waals surface area (Å²) in [7, 11) is 0. The fraction of sp³-hybridized carbons (Fsp3) is 0.500. The summed E-state index contributed by atoms with van der Waals surface area (Å²) >= 11 is 0. The van der Waals surface area contributed by atoms with Crippen molar-refractivity contribution in [3.05, 3.63) is 59.7 Å². The van der Waals surface area contributed by atoms with E-state index in [4.69, 9.17) is 24.7 Å². The quantitative estimate of drug-likeness (QED) is 0.278. The van der Waals surface area contributed by atoms with Gasteiger partial charge in [-0.1, -0.05) is 65.8 Å². The molecule has 41 heavy (non-hydrogen) atoms. The normalized spacial score (nSPS) is 13.9. The molecule has 0 radical (unpaired) electrons. The smallest absolute Gasteiger partial charge is 0.338 e. The van der Waals surface area contributed by atoms with Crippen LogP contribution in [0.15, 0.2) is 48.5 Å². The van der Waals surface area contributed by atoms with Gasteiger partial charge >= 0.3 is 23.9 Å². The molecule has 9 nitrogen and oxygen atoms in total. The van der Waals surface area contributed by atoms with Crippen LogP contribution in [0.3, 0.4) is 0 Å². The predicted molar refractivity (Wildman–Crippen MR) is 154 cm³/mol. The first-order valence-electron chi connectivity index (χ1n) is 13.7. The molecule has 0 heterocycles. The number of ether oxygens (including phenoxy) is 4. The van der Waals surface area contributed by atoms with Crippen LogP contribution < -0.4 is 15.2 Å². The van der Waals surface area contributed by atoms with Crippen molar-refractivity contribution in [1.82, 2.24) is 0 Å². The van der Waals surface area contributed by atoms with Crippen LogP contribution in [0.2, 0.25) is 0 Å². The molecule has 3 atom stereocenters. The molecule has 2 aromatic carbocycles. The van der Waals surface area contributed by atoms with E-state index in [1.54, 1.807) is 50.2 Å². The van der Waals surface area contributed by atoms with Crippen LogP contribution in [0.4, 0.5) is 0 Å². The summed E-state index contributed by atoms with van der Waals surface area (Å²) in [5.74, 6) is -2.00. The molecule has 0 saturated carbocycles. The van der Waals surface area contributed by atoms with Crippen molar-refractivity contribution < 1.29 is 38.1 Å². The molecule has 0 saturated heterocycles. The van der Waals surface area contributed by atoms with Crippen LogP contribution in [0, 0.1) is 10.8 Å². The lowest BCUT2D eigenvalue weighted by molar-refractivity contribution is -0.155. The molecule has 0 aliphatic rings. The largest absolute Gasteiger partial charge is 0.458 e. The van der Waals surface area contributed by atoms with Gasteiger partial charge in [0, 0.05) is 0 Å². The maximum absolute atomic E-state index is 12.7. The van der Waals surface area contributed by atoms with Gasteiger partial charge in [-0.3, -0.25) is 14.4 Å². The van der Waals surface area contributed by atoms with Crippen LogP contribution in [-0.2, 0) is 30.3 Å². The number of carbonyl (C=O) groups excluding carboxylic acids is 4. The topological polar surface area (TPSA) is 131 Å². The van der Waals surface area contributed by atoms with Gasteiger partial charge in [-0.15, -0.1) is 0 Å². The number of hydrogen-bond donors (Lipinski definition) is 1. The minimum absolute atomic E-state index is 0.0593. The third-order valence-electron chi connectivity index (χ3n) is 5.83. The third kappa shape index (κ3) is 12.1. The Balaban J connectivity index is 2.10. The van der Waals surface area contributed by atoms with Crippen molar-refractivity contribution in [2.45, 2.75) is 92.9 Å². The highest BCUT2D eigenvalue weighted by atomic mass is 16.6. The van der Waals surface area contributed by atoms with Crippen LogP contribution in [0.5, 0.6) is 11.5 Å². The Bertz CT molecular complexity index is 1210. The molecule has 0 aliphatic heterocycles. The molecule has 0 unspecified atom stereocenters. The van der Waals surface area contributed by atoms with E-state index in [1.165, 1.54) is 12.1 Å². The molecular formula is C32H43NO8. The van der Waals surface area contributed by atoms with Gasteiger partial charge in [0.15, 0.2) is 11.5 Å². The van der Waals surface area contributed by atoms with E-state index in [2.05, 4.69) is 0 Å². The SMILES string of the molecule is C[C@H](OC(=O)c1ccccc1)[C@H](C)OC(=O)[C@@H](N)Cc1ccc(OC(=O)CC(C)(C)C)c(OC(=O)CC(C)(C)C)c1. The Morgan fingerprint density at radius 1 is 0.732 bits per heavy atom. The van der Waals surface area contributed by atoms with Crippen molar-refractivity contribution >= 4 is 23.9 Å². The highest BCUT2D eigenvalue weighted by Gasteiger charge is 2.26. The van der Waals surface area contributed by atoms with Crippen molar-refractivity contribution in [2.75, 3.05) is 0 Å². The van der Waals surface area contributed by atoms with E-state index in [9.17, 15) is 19.2 Å². The molecule has 0 spiro atoms. The number of esters is 4. The zero-order valence-corrected chi connectivity index (χ0v) is 25.3. The lowest BCUT2D eigenvalue weighted by atomic mass is 9.92. The maximum atomic E-state index is 12.7. The summed E-state index contributed by atoms with van der Waals surface area (Å²) < 4.78 is 22.0. The number of nitrogens with two attached hydrogens (primary N) is 1. The highest BCUT2D eigenvalue weighted by Crippen LogP contribution is 2.32. The Kier molecular flexibility index (Phi) is 11.6. The number of benzene rings is 2. The molecule has 224 valence electrons. The molecule has 2 rings (SSSR count). The monoisotopic (exact) mass is 569 g/mol. The molecular weight excluding hydrogens is 526 g/mol. The van der Waals surface area contributed by atoms with E-state index in [-0.39, 0.29) is 41.6 Å². The van der Waals surface area contributed by atoms with Gasteiger partial charge in [0.2, 0.25) is 0 Å². The zero-order chi connectivity index (χ0) is 31.0. The van der Waals surface area contributed by atoms with Crippen LogP contribution in [0.25, 0.3) is 0 Å². The van der Waals surface area contributed by atoms with Crippen LogP contribution in [-0.4, -0.2) is 42.1 Å². The maximum Gasteiger partial charge on any atom is 0.338 e. The first kappa shape index (κ1) is 33.5. The van der Waals surface area contributed by atoms with E-state index in [1.807, 2.05) is 41.5 Å². The number of hydrogen-bond acceptors (Lipinski definition) is 9. The van der Waals surface area contributed by atoms with E-state index < -0.39 is 42.1 Å². The standard InChI is InChI=1S/C32H43NO8/c1-20(38-29(36)23-12-10-9-11-13-23)21(2)39-30(37)24(33)16-22-14-15-25(40-27(34)18-31(3,4)5)26(17-22)41-28(35)19-32(6,7)8/h9-15,17,20-21,24H,16,18-19,33H2,1-8H3/t20-,21-,24-/m0/s1. The predicted octanol–water partition coefficient (Wildman–Crippen LogP) is 5.42. The second-order valence-corrected chi connectivity index (χ2v) is 12.6. The van der Waals surface area contributed by atoms with Gasteiger partial charge in [0.1, 0.15) is 18.2 Å². The highest BCUT2D eigenvalue weighted by molar-refractivity contribution is 5.89. The number of rotatable bonds is 11. The summed E-state index contributed by atoms with van der Waals surface area (Å²) in [6.45, 7) is 14.7. The van der Waals surface area contributed by atoms with Crippen LogP contribution >= 0.6 is 0 Å². The summed E-state index contributed by atoms with van der Waals surface area (Å²) in [4.78, 5) is 50.1. The van der Waals surface area contributed by atoms with Crippen molar-refractivity contribution in [3.63, 3.8) is 0 Å². The Hall–Kier alpha value is -3.72. The van der Waals surface area contributed by atoms with Crippen molar-refractivity contribution in [1.29, 1.82) is 0 Å². The summed E-state index contributed by atoms with van der Waals surface area (Å²) in [6, 6.07) is 12.1. The van der Waals surface area contributed by atoms with Crippen LogP contribution in [0.1, 0.15) is 84.2 Å². The minimum atomic E-state index is -1.05. The second kappa shape index (κ2) is 14.3. The molecule has 2 N–H and O–H groups in total. The van der Waals surface area contributed by atoms with E-state index in [0.29, 0.717) is 11.1 Å². The van der Waals surface area contributed by atoms with Gasteiger partial charge in [0.05, 0.1) is 18.4 Å². The van der Waals surface area contributed by atoms with E-state index in [0.717, 1.165) is 0 Å². The van der Waals surface area contributed by atoms with Gasteiger partial charge in [-0.05, 0) is 60.9 Å². The van der Waals surface area contributed by atoms with E-state index >= 15 is 0 Å². The molecule has 0 fully saturated rings. The van der Waals surface area contributed by atoms with Gasteiger partial charge in [-0.2, -0.15) is 0 Å². The lowest BCUT2D eigenvalue weighted by Gasteiger charge is -2.22. The average Bonchev–Trinajstić information content (AvgIpc) is 2.83. The third-order valence-corrected chi connectivity index (χ3v) is 5.83. The molecule has 0 bridgehead atoms. The Morgan fingerprint density at radius 3 is 1.78 bits per heavy atom.